The summed E-state index contributed by atoms with van der Waals surface area (Å²) in [5, 5.41) is 2.95. The Morgan fingerprint density at radius 3 is 2.24 bits per heavy atom. The molecule has 2 aliphatic heterocycles. The predicted octanol–water partition coefficient (Wildman–Crippen LogP) is 2.07. The Balaban J connectivity index is 1.41. The fraction of sp³-hybridized carbons (Fsp3) is 0.440. The third-order valence-electron chi connectivity index (χ3n) is 6.57. The van der Waals surface area contributed by atoms with E-state index in [2.05, 4.69) is 16.3 Å². The molecule has 0 spiro atoms. The summed E-state index contributed by atoms with van der Waals surface area (Å²) in [6.45, 7) is 6.16. The Bertz CT molecular complexity index is 1140. The first-order valence-corrected chi connectivity index (χ1v) is 13.2. The largest absolute Gasteiger partial charge is 0.348 e. The molecule has 9 heteroatoms. The molecule has 2 heterocycles. The fourth-order valence-corrected chi connectivity index (χ4v) is 6.00. The number of benzene rings is 2. The number of nitrogens with one attached hydrogen (secondary N) is 1. The Kier molecular flexibility index (Phi) is 7.65. The number of carbonyl (C=O) groups excluding carboxylic acids is 2. The van der Waals surface area contributed by atoms with Crippen molar-refractivity contribution in [3.05, 3.63) is 65.2 Å². The van der Waals surface area contributed by atoms with Crippen LogP contribution in [-0.4, -0.2) is 73.6 Å². The van der Waals surface area contributed by atoms with Gasteiger partial charge in [0.15, 0.2) is 0 Å². The van der Waals surface area contributed by atoms with Gasteiger partial charge in [-0.3, -0.25) is 14.5 Å². The number of carbonyl (C=O) groups is 2. The summed E-state index contributed by atoms with van der Waals surface area (Å²) in [5.74, 6) is -0.368. The van der Waals surface area contributed by atoms with Gasteiger partial charge < -0.3 is 10.2 Å². The molecule has 2 fully saturated rings. The number of rotatable bonds is 7. The predicted molar refractivity (Wildman–Crippen MR) is 130 cm³/mol. The number of hydrogen-bond donors (Lipinski definition) is 1. The summed E-state index contributed by atoms with van der Waals surface area (Å²) >= 11 is 0. The second kappa shape index (κ2) is 10.7. The first-order chi connectivity index (χ1) is 16.3. The Morgan fingerprint density at radius 2 is 1.56 bits per heavy atom. The smallest absolute Gasteiger partial charge is 0.251 e. The molecule has 182 valence electrons. The van der Waals surface area contributed by atoms with Crippen LogP contribution in [0.25, 0.3) is 0 Å². The third kappa shape index (κ3) is 5.65. The Morgan fingerprint density at radius 1 is 0.882 bits per heavy atom. The van der Waals surface area contributed by atoms with Crippen molar-refractivity contribution < 1.29 is 18.0 Å². The summed E-state index contributed by atoms with van der Waals surface area (Å²) in [6, 6.07) is 14.3. The van der Waals surface area contributed by atoms with E-state index in [1.165, 1.54) is 41.8 Å². The van der Waals surface area contributed by atoms with E-state index in [1.807, 2.05) is 18.2 Å². The van der Waals surface area contributed by atoms with Crippen LogP contribution in [0.3, 0.4) is 0 Å². The van der Waals surface area contributed by atoms with Gasteiger partial charge in [0.25, 0.3) is 5.91 Å². The average Bonchev–Trinajstić information content (AvgIpc) is 3.36. The van der Waals surface area contributed by atoms with Crippen LogP contribution in [0.4, 0.5) is 0 Å². The zero-order valence-electron chi connectivity index (χ0n) is 19.6. The molecule has 0 aromatic heterocycles. The summed E-state index contributed by atoms with van der Waals surface area (Å²) in [4.78, 5) is 28.5. The zero-order valence-corrected chi connectivity index (χ0v) is 20.4. The van der Waals surface area contributed by atoms with E-state index in [-0.39, 0.29) is 29.8 Å². The van der Waals surface area contributed by atoms with Gasteiger partial charge in [-0.15, -0.1) is 0 Å². The van der Waals surface area contributed by atoms with Crippen LogP contribution in [-0.2, 0) is 27.9 Å². The minimum absolute atomic E-state index is 0.0577. The summed E-state index contributed by atoms with van der Waals surface area (Å²) in [7, 11) is -3.74. The van der Waals surface area contributed by atoms with Crippen molar-refractivity contribution in [3.63, 3.8) is 0 Å². The maximum absolute atomic E-state index is 13.1. The lowest BCUT2D eigenvalue weighted by atomic mass is 10.1. The van der Waals surface area contributed by atoms with Crippen molar-refractivity contribution in [2.24, 2.45) is 0 Å². The molecule has 8 nitrogen and oxygen atoms in total. The Hall–Kier alpha value is -2.75. The van der Waals surface area contributed by atoms with Gasteiger partial charge >= 0.3 is 0 Å². The average molecular weight is 485 g/mol. The lowest BCUT2D eigenvalue weighted by Crippen LogP contribution is -2.49. The van der Waals surface area contributed by atoms with Gasteiger partial charge in [-0.2, -0.15) is 4.31 Å². The highest BCUT2D eigenvalue weighted by Gasteiger charge is 2.29. The number of amides is 2. The number of sulfonamides is 1. The molecule has 34 heavy (non-hydrogen) atoms. The molecule has 0 unspecified atom stereocenters. The molecule has 0 aliphatic carbocycles. The van der Waals surface area contributed by atoms with E-state index in [0.29, 0.717) is 25.2 Å². The van der Waals surface area contributed by atoms with Gasteiger partial charge in [0.2, 0.25) is 15.9 Å². The number of nitrogens with zero attached hydrogens (tertiary/aromatic N) is 3. The maximum atomic E-state index is 13.1. The second-order valence-electron chi connectivity index (χ2n) is 8.87. The number of piperazine rings is 1. The normalized spacial score (nSPS) is 17.6. The molecule has 2 aromatic carbocycles. The zero-order chi connectivity index (χ0) is 24.1. The molecular weight excluding hydrogens is 452 g/mol. The van der Waals surface area contributed by atoms with Gasteiger partial charge in [-0.05, 0) is 55.3 Å². The van der Waals surface area contributed by atoms with Gasteiger partial charge in [-0.1, -0.05) is 30.3 Å². The van der Waals surface area contributed by atoms with Crippen molar-refractivity contribution in [1.29, 1.82) is 0 Å². The summed E-state index contributed by atoms with van der Waals surface area (Å²) in [5.41, 5.74) is 2.57. The van der Waals surface area contributed by atoms with E-state index >= 15 is 0 Å². The first kappa shape index (κ1) is 24.4. The van der Waals surface area contributed by atoms with Crippen LogP contribution >= 0.6 is 0 Å². The van der Waals surface area contributed by atoms with Gasteiger partial charge in [0.1, 0.15) is 0 Å². The minimum Gasteiger partial charge on any atom is -0.348 e. The van der Waals surface area contributed by atoms with Crippen molar-refractivity contribution in [1.82, 2.24) is 19.4 Å². The van der Waals surface area contributed by atoms with Crippen LogP contribution in [0.15, 0.2) is 53.4 Å². The minimum atomic E-state index is -3.74. The maximum Gasteiger partial charge on any atom is 0.251 e. The molecule has 2 saturated heterocycles. The molecule has 0 atom stereocenters. The lowest BCUT2D eigenvalue weighted by Gasteiger charge is -2.33. The molecule has 0 bridgehead atoms. The van der Waals surface area contributed by atoms with Crippen molar-refractivity contribution >= 4 is 21.8 Å². The van der Waals surface area contributed by atoms with Crippen molar-refractivity contribution in [3.8, 4) is 0 Å². The van der Waals surface area contributed by atoms with Crippen LogP contribution in [0.5, 0.6) is 0 Å². The molecule has 0 saturated carbocycles. The molecule has 4 rings (SSSR count). The fourth-order valence-electron chi connectivity index (χ4n) is 4.53. The van der Waals surface area contributed by atoms with Crippen molar-refractivity contribution in [2.45, 2.75) is 37.8 Å². The van der Waals surface area contributed by atoms with Crippen LogP contribution in [0.2, 0.25) is 0 Å². The van der Waals surface area contributed by atoms with Gasteiger partial charge in [0, 0.05) is 51.8 Å². The van der Waals surface area contributed by atoms with Crippen LogP contribution in [0, 0.1) is 0 Å². The molecule has 2 amide bonds. The quantitative estimate of drug-likeness (QED) is 0.650. The topological polar surface area (TPSA) is 90.0 Å². The molecule has 0 radical (unpaired) electrons. The van der Waals surface area contributed by atoms with Gasteiger partial charge in [0.05, 0.1) is 4.90 Å². The van der Waals surface area contributed by atoms with Crippen molar-refractivity contribution in [2.75, 3.05) is 39.3 Å². The molecule has 2 aromatic rings. The second-order valence-corrected chi connectivity index (χ2v) is 10.8. The SMILES string of the molecule is CC(=O)N1CCN(S(=O)(=O)c2cccc(C(=O)NCc3ccccc3CN3CCCC3)c2)CC1. The molecular formula is C25H32N4O4S. The van der Waals surface area contributed by atoms with Crippen LogP contribution < -0.4 is 5.32 Å². The van der Waals surface area contributed by atoms with E-state index in [1.54, 1.807) is 17.0 Å². The van der Waals surface area contributed by atoms with Crippen LogP contribution in [0.1, 0.15) is 41.3 Å². The summed E-state index contributed by atoms with van der Waals surface area (Å²) < 4.78 is 27.6. The lowest BCUT2D eigenvalue weighted by molar-refractivity contribution is -0.129. The van der Waals surface area contributed by atoms with E-state index in [0.717, 1.165) is 25.2 Å². The number of hydrogen-bond acceptors (Lipinski definition) is 5. The third-order valence-corrected chi connectivity index (χ3v) is 8.46. The standard InChI is InChI=1S/C25H32N4O4S/c1-20(30)28-13-15-29(16-14-28)34(32,33)24-10-6-9-21(17-24)25(31)26-18-22-7-2-3-8-23(22)19-27-11-4-5-12-27/h2-3,6-10,17H,4-5,11-16,18-19H2,1H3,(H,26,31). The first-order valence-electron chi connectivity index (χ1n) is 11.8. The number of likely N-dealkylation sites (tertiary alicyclic amines) is 1. The van der Waals surface area contributed by atoms with Gasteiger partial charge in [-0.25, -0.2) is 8.42 Å². The highest BCUT2D eigenvalue weighted by atomic mass is 32.2. The van der Waals surface area contributed by atoms with E-state index in [9.17, 15) is 18.0 Å². The highest BCUT2D eigenvalue weighted by Crippen LogP contribution is 2.20. The monoisotopic (exact) mass is 484 g/mol. The van der Waals surface area contributed by atoms with E-state index in [4.69, 9.17) is 0 Å². The Labute approximate surface area is 201 Å². The summed E-state index contributed by atoms with van der Waals surface area (Å²) in [6.07, 6.45) is 2.45. The molecule has 1 N–H and O–H groups in total. The molecule has 2 aliphatic rings. The van der Waals surface area contributed by atoms with E-state index < -0.39 is 10.0 Å². The highest BCUT2D eigenvalue weighted by molar-refractivity contribution is 7.89.